The van der Waals surface area contributed by atoms with E-state index in [0.29, 0.717) is 0 Å². The monoisotopic (exact) mass is 397 g/mol. The average molecular weight is 399 g/mol. The molecular weight excluding hydrogens is 392 g/mol. The molecule has 0 saturated heterocycles. The van der Waals surface area contributed by atoms with E-state index in [1.807, 2.05) is 12.1 Å². The molecule has 7 heteroatoms. The van der Waals surface area contributed by atoms with Crippen LogP contribution in [0, 0.1) is 11.6 Å². The third kappa shape index (κ3) is 3.33. The molecule has 116 valence electrons. The molecule has 0 saturated carbocycles. The molecule has 2 aromatic rings. The van der Waals surface area contributed by atoms with Crippen LogP contribution < -0.4 is 0 Å². The summed E-state index contributed by atoms with van der Waals surface area (Å²) in [5, 5.41) is -0.0969. The molecule has 0 fully saturated rings. The molecule has 0 aliphatic carbocycles. The minimum Gasteiger partial charge on any atom is -0.402 e. The van der Waals surface area contributed by atoms with Crippen LogP contribution in [0.3, 0.4) is 0 Å². The minimum absolute atomic E-state index is 0.0122. The van der Waals surface area contributed by atoms with Gasteiger partial charge in [0, 0.05) is 4.47 Å². The Morgan fingerprint density at radius 3 is 2.48 bits per heavy atom. The Bertz CT molecular complexity index is 863. The predicted molar refractivity (Wildman–Crippen MR) is 86.1 cm³/mol. The van der Waals surface area contributed by atoms with Gasteiger partial charge in [0.2, 0.25) is 5.90 Å². The molecular formula is C16H7BrClF2NO2. The number of rotatable bonds is 2. The first-order valence-corrected chi connectivity index (χ1v) is 7.54. The second-order valence-electron chi connectivity index (χ2n) is 4.63. The number of nitrogens with zero attached hydrogens (tertiary/aromatic N) is 1. The molecule has 0 bridgehead atoms. The molecule has 0 amide bonds. The first-order valence-electron chi connectivity index (χ1n) is 6.37. The SMILES string of the molecule is O=C1OC(c2cc(F)c(F)cc2Cl)=N/C1=C/c1ccc(Br)cc1. The summed E-state index contributed by atoms with van der Waals surface area (Å²) in [5.74, 6) is -3.05. The lowest BCUT2D eigenvalue weighted by atomic mass is 10.2. The highest BCUT2D eigenvalue weighted by molar-refractivity contribution is 9.10. The molecule has 3 rings (SSSR count). The number of hydrogen-bond acceptors (Lipinski definition) is 3. The molecule has 0 radical (unpaired) electrons. The number of carbonyl (C=O) groups excluding carboxylic acids is 1. The van der Waals surface area contributed by atoms with Crippen molar-refractivity contribution in [3.8, 4) is 0 Å². The number of hydrogen-bond donors (Lipinski definition) is 0. The lowest BCUT2D eigenvalue weighted by Gasteiger charge is -2.03. The lowest BCUT2D eigenvalue weighted by molar-refractivity contribution is -0.129. The number of ether oxygens (including phenoxy) is 1. The Hall–Kier alpha value is -2.05. The van der Waals surface area contributed by atoms with E-state index in [1.54, 1.807) is 12.1 Å². The van der Waals surface area contributed by atoms with Gasteiger partial charge in [-0.2, -0.15) is 0 Å². The number of aliphatic imine (C=N–C) groups is 1. The summed E-state index contributed by atoms with van der Waals surface area (Å²) >= 11 is 9.16. The van der Waals surface area contributed by atoms with Crippen molar-refractivity contribution >= 4 is 45.5 Å². The number of cyclic esters (lactones) is 1. The van der Waals surface area contributed by atoms with Gasteiger partial charge in [-0.15, -0.1) is 0 Å². The van der Waals surface area contributed by atoms with Crippen molar-refractivity contribution in [1.29, 1.82) is 0 Å². The standard InChI is InChI=1S/C16H7BrClF2NO2/c17-9-3-1-8(2-4-9)5-14-16(22)23-15(21-14)10-6-12(19)13(20)7-11(10)18/h1-7H/b14-5+. The second-order valence-corrected chi connectivity index (χ2v) is 5.96. The summed E-state index contributed by atoms with van der Waals surface area (Å²) < 4.78 is 32.3. The Kier molecular flexibility index (Phi) is 4.28. The maximum atomic E-state index is 13.3. The van der Waals surface area contributed by atoms with Gasteiger partial charge < -0.3 is 4.74 Å². The van der Waals surface area contributed by atoms with Gasteiger partial charge in [0.1, 0.15) is 0 Å². The van der Waals surface area contributed by atoms with E-state index < -0.39 is 17.6 Å². The normalized spacial score (nSPS) is 15.7. The molecule has 0 unspecified atom stereocenters. The van der Waals surface area contributed by atoms with Gasteiger partial charge in [-0.25, -0.2) is 18.6 Å². The summed E-state index contributed by atoms with van der Waals surface area (Å²) in [7, 11) is 0. The summed E-state index contributed by atoms with van der Waals surface area (Å²) in [6.45, 7) is 0. The Morgan fingerprint density at radius 1 is 1.13 bits per heavy atom. The summed E-state index contributed by atoms with van der Waals surface area (Å²) in [5.41, 5.74) is 0.794. The molecule has 0 atom stereocenters. The molecule has 0 aromatic heterocycles. The molecule has 1 aliphatic rings. The van der Waals surface area contributed by atoms with E-state index >= 15 is 0 Å². The first-order chi connectivity index (χ1) is 10.9. The van der Waals surface area contributed by atoms with E-state index in [-0.39, 0.29) is 22.2 Å². The second kappa shape index (κ2) is 6.22. The maximum Gasteiger partial charge on any atom is 0.363 e. The Balaban J connectivity index is 1.98. The van der Waals surface area contributed by atoms with Gasteiger partial charge >= 0.3 is 5.97 Å². The van der Waals surface area contributed by atoms with Crippen LogP contribution in [0.1, 0.15) is 11.1 Å². The van der Waals surface area contributed by atoms with Crippen LogP contribution >= 0.6 is 27.5 Å². The molecule has 1 heterocycles. The lowest BCUT2D eigenvalue weighted by Crippen LogP contribution is -2.07. The third-order valence-electron chi connectivity index (χ3n) is 3.03. The van der Waals surface area contributed by atoms with Gasteiger partial charge in [-0.1, -0.05) is 39.7 Å². The third-order valence-corrected chi connectivity index (χ3v) is 3.88. The summed E-state index contributed by atoms with van der Waals surface area (Å²) in [6.07, 6.45) is 1.52. The highest BCUT2D eigenvalue weighted by Crippen LogP contribution is 2.26. The maximum absolute atomic E-state index is 13.3. The molecule has 0 spiro atoms. The molecule has 0 N–H and O–H groups in total. The Morgan fingerprint density at radius 2 is 1.78 bits per heavy atom. The van der Waals surface area contributed by atoms with E-state index in [9.17, 15) is 13.6 Å². The van der Waals surface area contributed by atoms with Crippen LogP contribution in [0.5, 0.6) is 0 Å². The fourth-order valence-corrected chi connectivity index (χ4v) is 2.42. The van der Waals surface area contributed by atoms with Crippen LogP contribution in [-0.4, -0.2) is 11.9 Å². The van der Waals surface area contributed by atoms with Crippen molar-refractivity contribution in [3.63, 3.8) is 0 Å². The van der Waals surface area contributed by atoms with E-state index in [4.69, 9.17) is 16.3 Å². The quantitative estimate of drug-likeness (QED) is 0.417. The van der Waals surface area contributed by atoms with E-state index in [0.717, 1.165) is 22.2 Å². The molecule has 3 nitrogen and oxygen atoms in total. The van der Waals surface area contributed by atoms with Crippen molar-refractivity contribution in [3.05, 3.63) is 74.4 Å². The topological polar surface area (TPSA) is 38.7 Å². The van der Waals surface area contributed by atoms with Crippen molar-refractivity contribution in [1.82, 2.24) is 0 Å². The highest BCUT2D eigenvalue weighted by atomic mass is 79.9. The van der Waals surface area contributed by atoms with Crippen LogP contribution in [0.4, 0.5) is 8.78 Å². The fraction of sp³-hybridized carbons (Fsp3) is 0. The molecule has 2 aromatic carbocycles. The zero-order valence-electron chi connectivity index (χ0n) is 11.3. The number of carbonyl (C=O) groups is 1. The van der Waals surface area contributed by atoms with E-state index in [1.165, 1.54) is 6.08 Å². The van der Waals surface area contributed by atoms with Crippen molar-refractivity contribution in [2.45, 2.75) is 0 Å². The highest BCUT2D eigenvalue weighted by Gasteiger charge is 2.26. The van der Waals surface area contributed by atoms with Crippen molar-refractivity contribution < 1.29 is 18.3 Å². The summed E-state index contributed by atoms with van der Waals surface area (Å²) in [6, 6.07) is 8.82. The largest absolute Gasteiger partial charge is 0.402 e. The smallest absolute Gasteiger partial charge is 0.363 e. The average Bonchev–Trinajstić information content (AvgIpc) is 2.86. The van der Waals surface area contributed by atoms with Gasteiger partial charge in [0.15, 0.2) is 17.3 Å². The van der Waals surface area contributed by atoms with Crippen molar-refractivity contribution in [2.24, 2.45) is 4.99 Å². The van der Waals surface area contributed by atoms with Crippen LogP contribution in [0.25, 0.3) is 6.08 Å². The van der Waals surface area contributed by atoms with Gasteiger partial charge in [0.25, 0.3) is 0 Å². The van der Waals surface area contributed by atoms with Crippen LogP contribution in [0.2, 0.25) is 5.02 Å². The first kappa shape index (κ1) is 15.8. The Labute approximate surface area is 143 Å². The fourth-order valence-electron chi connectivity index (χ4n) is 1.93. The zero-order chi connectivity index (χ0) is 16.6. The van der Waals surface area contributed by atoms with Crippen LogP contribution in [-0.2, 0) is 9.53 Å². The summed E-state index contributed by atoms with van der Waals surface area (Å²) in [4.78, 5) is 15.9. The minimum atomic E-state index is -1.10. The number of halogens is 4. The molecule has 1 aliphatic heterocycles. The zero-order valence-corrected chi connectivity index (χ0v) is 13.7. The van der Waals surface area contributed by atoms with E-state index in [2.05, 4.69) is 20.9 Å². The van der Waals surface area contributed by atoms with Gasteiger partial charge in [-0.3, -0.25) is 0 Å². The van der Waals surface area contributed by atoms with Gasteiger partial charge in [0.05, 0.1) is 10.6 Å². The van der Waals surface area contributed by atoms with Crippen LogP contribution in [0.15, 0.2) is 51.6 Å². The number of benzene rings is 2. The number of esters is 1. The molecule has 23 heavy (non-hydrogen) atoms. The van der Waals surface area contributed by atoms with Crippen molar-refractivity contribution in [2.75, 3.05) is 0 Å². The van der Waals surface area contributed by atoms with Gasteiger partial charge in [-0.05, 0) is 35.9 Å². The predicted octanol–water partition coefficient (Wildman–Crippen LogP) is 4.73.